The molecule has 0 aromatic carbocycles. The summed E-state index contributed by atoms with van der Waals surface area (Å²) in [6.45, 7) is 6.81. The smallest absolute Gasteiger partial charge is 0.0144 e. The lowest BCUT2D eigenvalue weighted by Crippen LogP contribution is -2.34. The van der Waals surface area contributed by atoms with Crippen LogP contribution in [0, 0.1) is 29.6 Å². The number of rotatable bonds is 0. The highest BCUT2D eigenvalue weighted by Crippen LogP contribution is 2.55. The maximum absolute atomic E-state index is 4.41. The van der Waals surface area contributed by atoms with Gasteiger partial charge in [-0.25, -0.2) is 0 Å². The van der Waals surface area contributed by atoms with Crippen LogP contribution in [0.3, 0.4) is 0 Å². The second kappa shape index (κ2) is 3.64. The van der Waals surface area contributed by atoms with Gasteiger partial charge in [0.05, 0.1) is 0 Å². The molecule has 0 radical (unpaired) electrons. The monoisotopic (exact) mass is 204 g/mol. The van der Waals surface area contributed by atoms with Gasteiger partial charge < -0.3 is 0 Å². The molecule has 0 aromatic rings. The summed E-state index contributed by atoms with van der Waals surface area (Å²) in [6, 6.07) is 0. The predicted molar refractivity (Wildman–Crippen MR) is 64.6 cm³/mol. The summed E-state index contributed by atoms with van der Waals surface area (Å²) >= 11 is 0. The number of allylic oxidation sites excluding steroid dienone is 1. The molecule has 3 aliphatic rings. The van der Waals surface area contributed by atoms with E-state index in [4.69, 9.17) is 0 Å². The first-order valence-corrected chi connectivity index (χ1v) is 6.96. The van der Waals surface area contributed by atoms with Crippen molar-refractivity contribution in [1.82, 2.24) is 0 Å². The summed E-state index contributed by atoms with van der Waals surface area (Å²) in [7, 11) is 0. The van der Waals surface area contributed by atoms with Crippen LogP contribution >= 0.6 is 0 Å². The molecule has 0 bridgehead atoms. The van der Waals surface area contributed by atoms with Crippen LogP contribution < -0.4 is 0 Å². The minimum Gasteiger partial charge on any atom is -0.0993 e. The number of fused-ring (bicyclic) bond motifs is 3. The number of hydrogen-bond donors (Lipinski definition) is 0. The molecule has 15 heavy (non-hydrogen) atoms. The molecule has 0 spiro atoms. The lowest BCUT2D eigenvalue weighted by molar-refractivity contribution is 0.0899. The van der Waals surface area contributed by atoms with Crippen molar-refractivity contribution in [2.24, 2.45) is 29.6 Å². The average molecular weight is 204 g/mol. The zero-order valence-corrected chi connectivity index (χ0v) is 10.0. The molecule has 0 aromatic heterocycles. The highest BCUT2D eigenvalue weighted by molar-refractivity contribution is 5.16. The molecule has 0 nitrogen and oxygen atoms in total. The molecular weight excluding hydrogens is 180 g/mol. The molecule has 5 atom stereocenters. The van der Waals surface area contributed by atoms with E-state index in [0.29, 0.717) is 0 Å². The standard InChI is InChI=1S/C15H24/c1-10-9-13-8-7-12-5-3-4-6-14(12)15(13)11(10)2/h10,12-15H,2-9H2,1H3. The van der Waals surface area contributed by atoms with Crippen LogP contribution in [0.15, 0.2) is 12.2 Å². The van der Waals surface area contributed by atoms with E-state index in [-0.39, 0.29) is 0 Å². The van der Waals surface area contributed by atoms with Crippen LogP contribution in [-0.4, -0.2) is 0 Å². The van der Waals surface area contributed by atoms with Gasteiger partial charge in [-0.1, -0.05) is 38.3 Å². The topological polar surface area (TPSA) is 0 Å². The second-order valence-electron chi connectivity index (χ2n) is 6.28. The highest BCUT2D eigenvalue weighted by Gasteiger charge is 2.46. The Kier molecular flexibility index (Phi) is 2.41. The Balaban J connectivity index is 1.84. The van der Waals surface area contributed by atoms with E-state index < -0.39 is 0 Å². The van der Waals surface area contributed by atoms with Gasteiger partial charge in [0.1, 0.15) is 0 Å². The van der Waals surface area contributed by atoms with Crippen LogP contribution in [0.1, 0.15) is 51.9 Å². The second-order valence-corrected chi connectivity index (χ2v) is 6.28. The maximum Gasteiger partial charge on any atom is -0.0144 e. The van der Waals surface area contributed by atoms with Crippen molar-refractivity contribution in [1.29, 1.82) is 0 Å². The minimum absolute atomic E-state index is 0.820. The SMILES string of the molecule is C=C1C(C)CC2CCC3CCCCC3C12. The van der Waals surface area contributed by atoms with E-state index in [1.807, 2.05) is 0 Å². The summed E-state index contributed by atoms with van der Waals surface area (Å²) in [5.41, 5.74) is 1.62. The van der Waals surface area contributed by atoms with E-state index in [9.17, 15) is 0 Å². The first-order chi connectivity index (χ1) is 7.27. The molecule has 3 rings (SSSR count). The normalized spacial score (nSPS) is 49.9. The zero-order chi connectivity index (χ0) is 10.4. The van der Waals surface area contributed by atoms with Crippen LogP contribution in [0.5, 0.6) is 0 Å². The molecule has 0 N–H and O–H groups in total. The summed E-state index contributed by atoms with van der Waals surface area (Å²) in [5, 5.41) is 0. The van der Waals surface area contributed by atoms with Crippen LogP contribution in [0.4, 0.5) is 0 Å². The van der Waals surface area contributed by atoms with Crippen molar-refractivity contribution in [3.8, 4) is 0 Å². The maximum atomic E-state index is 4.41. The van der Waals surface area contributed by atoms with E-state index in [0.717, 1.165) is 29.6 Å². The van der Waals surface area contributed by atoms with Gasteiger partial charge >= 0.3 is 0 Å². The fraction of sp³-hybridized carbons (Fsp3) is 0.867. The molecular formula is C15H24. The van der Waals surface area contributed by atoms with Crippen molar-refractivity contribution in [2.75, 3.05) is 0 Å². The lowest BCUT2D eigenvalue weighted by Gasteiger charge is -2.43. The summed E-state index contributed by atoms with van der Waals surface area (Å²) < 4.78 is 0. The van der Waals surface area contributed by atoms with Gasteiger partial charge in [0, 0.05) is 0 Å². The molecule has 5 unspecified atom stereocenters. The van der Waals surface area contributed by atoms with Crippen LogP contribution in [0.25, 0.3) is 0 Å². The van der Waals surface area contributed by atoms with Gasteiger partial charge in [-0.3, -0.25) is 0 Å². The van der Waals surface area contributed by atoms with Crippen molar-refractivity contribution in [3.63, 3.8) is 0 Å². The van der Waals surface area contributed by atoms with Crippen LogP contribution in [0.2, 0.25) is 0 Å². The molecule has 0 amide bonds. The van der Waals surface area contributed by atoms with Crippen LogP contribution in [-0.2, 0) is 0 Å². The summed E-state index contributed by atoms with van der Waals surface area (Å²) in [5.74, 6) is 4.88. The molecule has 84 valence electrons. The van der Waals surface area contributed by atoms with Gasteiger partial charge in [-0.05, 0) is 55.3 Å². The molecule has 3 aliphatic carbocycles. The largest absolute Gasteiger partial charge is 0.0993 e. The van der Waals surface area contributed by atoms with Gasteiger partial charge in [0.25, 0.3) is 0 Å². The molecule has 0 aliphatic heterocycles. The van der Waals surface area contributed by atoms with Gasteiger partial charge in [-0.2, -0.15) is 0 Å². The first-order valence-electron chi connectivity index (χ1n) is 6.96. The molecule has 3 fully saturated rings. The Bertz CT molecular complexity index is 265. The predicted octanol–water partition coefficient (Wildman–Crippen LogP) is 4.42. The molecule has 0 heterocycles. The van der Waals surface area contributed by atoms with Gasteiger partial charge in [-0.15, -0.1) is 0 Å². The zero-order valence-electron chi connectivity index (χ0n) is 10.0. The van der Waals surface area contributed by atoms with Crippen molar-refractivity contribution < 1.29 is 0 Å². The third kappa shape index (κ3) is 1.48. The highest BCUT2D eigenvalue weighted by atomic mass is 14.5. The van der Waals surface area contributed by atoms with E-state index >= 15 is 0 Å². The first kappa shape index (κ1) is 9.93. The average Bonchev–Trinajstić information content (AvgIpc) is 2.55. The minimum atomic E-state index is 0.820. The molecule has 0 heteroatoms. The van der Waals surface area contributed by atoms with Crippen molar-refractivity contribution in [2.45, 2.75) is 51.9 Å². The van der Waals surface area contributed by atoms with Gasteiger partial charge in [0.2, 0.25) is 0 Å². The Hall–Kier alpha value is -0.260. The van der Waals surface area contributed by atoms with E-state index in [1.165, 1.54) is 44.9 Å². The molecule has 3 saturated carbocycles. The summed E-state index contributed by atoms with van der Waals surface area (Å²) in [6.07, 6.45) is 10.5. The fourth-order valence-electron chi connectivity index (χ4n) is 4.80. The Labute approximate surface area is 94.1 Å². The van der Waals surface area contributed by atoms with E-state index in [1.54, 1.807) is 5.57 Å². The van der Waals surface area contributed by atoms with Gasteiger partial charge in [0.15, 0.2) is 0 Å². The summed E-state index contributed by atoms with van der Waals surface area (Å²) in [4.78, 5) is 0. The lowest BCUT2D eigenvalue weighted by atomic mass is 9.62. The Morgan fingerprint density at radius 3 is 2.60 bits per heavy atom. The Morgan fingerprint density at radius 1 is 1.00 bits per heavy atom. The number of hydrogen-bond acceptors (Lipinski definition) is 0. The fourth-order valence-corrected chi connectivity index (χ4v) is 4.80. The molecule has 0 saturated heterocycles. The third-order valence-electron chi connectivity index (χ3n) is 5.56. The van der Waals surface area contributed by atoms with Crippen molar-refractivity contribution in [3.05, 3.63) is 12.2 Å². The quantitative estimate of drug-likeness (QED) is 0.513. The Morgan fingerprint density at radius 2 is 1.73 bits per heavy atom. The third-order valence-corrected chi connectivity index (χ3v) is 5.56. The van der Waals surface area contributed by atoms with Crippen molar-refractivity contribution >= 4 is 0 Å². The van der Waals surface area contributed by atoms with E-state index in [2.05, 4.69) is 13.5 Å².